The molecule has 0 bridgehead atoms. The average Bonchev–Trinajstić information content (AvgIpc) is 2.17. The molecule has 1 heterocycles. The minimum atomic E-state index is -0.0868. The second kappa shape index (κ2) is 4.66. The van der Waals surface area contributed by atoms with Crippen LogP contribution in [0, 0.1) is 6.92 Å². The van der Waals surface area contributed by atoms with Crippen LogP contribution in [0.2, 0.25) is 0 Å². The summed E-state index contributed by atoms with van der Waals surface area (Å²) in [6, 6.07) is 1.84. The molecule has 0 saturated carbocycles. The van der Waals surface area contributed by atoms with Crippen molar-refractivity contribution < 1.29 is 9.53 Å². The second-order valence-corrected chi connectivity index (χ2v) is 2.84. The lowest BCUT2D eigenvalue weighted by molar-refractivity contribution is 0.0979. The highest BCUT2D eigenvalue weighted by molar-refractivity contribution is 5.94. The van der Waals surface area contributed by atoms with Crippen molar-refractivity contribution in [2.45, 2.75) is 13.3 Å². The predicted octanol–water partition coefficient (Wildman–Crippen LogP) is 0.325. The number of Topliss-reactive ketones (excluding diaryl/α,β-unsaturated/α-hetero) is 1. The smallest absolute Gasteiger partial charge is 0.316 e. The number of aryl methyl sites for hydroxylation is 1. The van der Waals surface area contributed by atoms with E-state index in [0.717, 1.165) is 0 Å². The standard InChI is InChI=1S/C9H13N3O2/c1-6-5-7(8(13)3-4-10)12-9(11-6)14-2/h5H,3-4,10H2,1-2H3. The lowest BCUT2D eigenvalue weighted by Crippen LogP contribution is -2.11. The Morgan fingerprint density at radius 1 is 1.57 bits per heavy atom. The highest BCUT2D eigenvalue weighted by Gasteiger charge is 2.09. The van der Waals surface area contributed by atoms with E-state index in [-0.39, 0.29) is 11.8 Å². The maximum absolute atomic E-state index is 11.4. The molecular weight excluding hydrogens is 182 g/mol. The predicted molar refractivity (Wildman–Crippen MR) is 51.3 cm³/mol. The number of methoxy groups -OCH3 is 1. The van der Waals surface area contributed by atoms with Gasteiger partial charge in [0, 0.05) is 12.1 Å². The van der Waals surface area contributed by atoms with E-state index in [2.05, 4.69) is 9.97 Å². The van der Waals surface area contributed by atoms with Gasteiger partial charge in [0.25, 0.3) is 0 Å². The number of ketones is 1. The molecule has 0 aliphatic rings. The fourth-order valence-electron chi connectivity index (χ4n) is 1.03. The molecule has 1 rings (SSSR count). The van der Waals surface area contributed by atoms with Crippen LogP contribution in [0.15, 0.2) is 6.07 Å². The number of carbonyl (C=O) groups excluding carboxylic acids is 1. The third-order valence-electron chi connectivity index (χ3n) is 1.67. The monoisotopic (exact) mass is 195 g/mol. The quantitative estimate of drug-likeness (QED) is 0.700. The van der Waals surface area contributed by atoms with Gasteiger partial charge in [0.15, 0.2) is 5.78 Å². The van der Waals surface area contributed by atoms with Crippen LogP contribution in [0.3, 0.4) is 0 Å². The lowest BCUT2D eigenvalue weighted by atomic mass is 10.2. The van der Waals surface area contributed by atoms with Crippen molar-refractivity contribution >= 4 is 5.78 Å². The van der Waals surface area contributed by atoms with E-state index in [9.17, 15) is 4.79 Å². The molecule has 0 fully saturated rings. The van der Waals surface area contributed by atoms with Crippen LogP contribution in [0.5, 0.6) is 6.01 Å². The first kappa shape index (κ1) is 10.6. The van der Waals surface area contributed by atoms with Gasteiger partial charge < -0.3 is 10.5 Å². The Balaban J connectivity index is 2.96. The topological polar surface area (TPSA) is 78.1 Å². The first-order valence-corrected chi connectivity index (χ1v) is 4.30. The summed E-state index contributed by atoms with van der Waals surface area (Å²) in [5.41, 5.74) is 6.35. The molecule has 0 amide bonds. The van der Waals surface area contributed by atoms with Gasteiger partial charge in [-0.25, -0.2) is 4.98 Å². The molecule has 1 aromatic heterocycles. The zero-order valence-electron chi connectivity index (χ0n) is 8.28. The number of hydrogen-bond donors (Lipinski definition) is 1. The van der Waals surface area contributed by atoms with Gasteiger partial charge in [0.1, 0.15) is 5.69 Å². The number of nitrogens with zero attached hydrogens (tertiary/aromatic N) is 2. The van der Waals surface area contributed by atoms with Gasteiger partial charge >= 0.3 is 6.01 Å². The van der Waals surface area contributed by atoms with Gasteiger partial charge in [-0.05, 0) is 19.5 Å². The zero-order valence-corrected chi connectivity index (χ0v) is 8.28. The number of hydrogen-bond acceptors (Lipinski definition) is 5. The maximum atomic E-state index is 11.4. The molecule has 0 aliphatic carbocycles. The number of nitrogens with two attached hydrogens (primary N) is 1. The first-order chi connectivity index (χ1) is 6.67. The van der Waals surface area contributed by atoms with Crippen molar-refractivity contribution in [3.05, 3.63) is 17.5 Å². The summed E-state index contributed by atoms with van der Waals surface area (Å²) in [6.07, 6.45) is 0.291. The lowest BCUT2D eigenvalue weighted by Gasteiger charge is -2.02. The third kappa shape index (κ3) is 2.50. The normalized spacial score (nSPS) is 9.93. The van der Waals surface area contributed by atoms with E-state index < -0.39 is 0 Å². The zero-order chi connectivity index (χ0) is 10.6. The van der Waals surface area contributed by atoms with Gasteiger partial charge in [0.2, 0.25) is 0 Å². The summed E-state index contributed by atoms with van der Waals surface area (Å²) in [6.45, 7) is 2.10. The molecule has 0 aliphatic heterocycles. The van der Waals surface area contributed by atoms with E-state index in [1.54, 1.807) is 13.0 Å². The Kier molecular flexibility index (Phi) is 3.53. The number of rotatable bonds is 4. The van der Waals surface area contributed by atoms with Crippen LogP contribution < -0.4 is 10.5 Å². The van der Waals surface area contributed by atoms with E-state index in [4.69, 9.17) is 10.5 Å². The molecule has 1 aromatic rings. The summed E-state index contributed by atoms with van der Waals surface area (Å²) in [7, 11) is 1.46. The van der Waals surface area contributed by atoms with Gasteiger partial charge in [-0.3, -0.25) is 4.79 Å². The minimum Gasteiger partial charge on any atom is -0.467 e. The molecule has 14 heavy (non-hydrogen) atoms. The van der Waals surface area contributed by atoms with Crippen molar-refractivity contribution in [2.24, 2.45) is 5.73 Å². The summed E-state index contributed by atoms with van der Waals surface area (Å²) in [5, 5.41) is 0. The van der Waals surface area contributed by atoms with Crippen molar-refractivity contribution in [1.82, 2.24) is 9.97 Å². The fourth-order valence-corrected chi connectivity index (χ4v) is 1.03. The van der Waals surface area contributed by atoms with Gasteiger partial charge in [-0.2, -0.15) is 4.98 Å². The Bertz CT molecular complexity index is 339. The second-order valence-electron chi connectivity index (χ2n) is 2.84. The largest absolute Gasteiger partial charge is 0.467 e. The molecule has 0 atom stereocenters. The molecule has 2 N–H and O–H groups in total. The number of aromatic nitrogens is 2. The summed E-state index contributed by atoms with van der Waals surface area (Å²) >= 11 is 0. The van der Waals surface area contributed by atoms with Crippen molar-refractivity contribution in [3.8, 4) is 6.01 Å². The molecule has 0 unspecified atom stereocenters. The Morgan fingerprint density at radius 2 is 2.29 bits per heavy atom. The molecule has 0 radical (unpaired) electrons. The van der Waals surface area contributed by atoms with Crippen LogP contribution in [-0.2, 0) is 0 Å². The van der Waals surface area contributed by atoms with E-state index in [0.29, 0.717) is 24.4 Å². The van der Waals surface area contributed by atoms with Crippen molar-refractivity contribution in [3.63, 3.8) is 0 Å². The van der Waals surface area contributed by atoms with Crippen LogP contribution in [0.1, 0.15) is 22.6 Å². The average molecular weight is 195 g/mol. The van der Waals surface area contributed by atoms with E-state index >= 15 is 0 Å². The fraction of sp³-hybridized carbons (Fsp3) is 0.444. The Hall–Kier alpha value is -1.49. The number of carbonyl (C=O) groups is 1. The molecule has 5 heteroatoms. The first-order valence-electron chi connectivity index (χ1n) is 4.30. The van der Waals surface area contributed by atoms with Crippen LogP contribution in [0.4, 0.5) is 0 Å². The van der Waals surface area contributed by atoms with Crippen molar-refractivity contribution in [1.29, 1.82) is 0 Å². The molecule has 76 valence electrons. The molecule has 5 nitrogen and oxygen atoms in total. The molecule has 0 spiro atoms. The van der Waals surface area contributed by atoms with Gasteiger partial charge in [-0.1, -0.05) is 0 Å². The maximum Gasteiger partial charge on any atom is 0.316 e. The highest BCUT2D eigenvalue weighted by Crippen LogP contribution is 2.07. The SMILES string of the molecule is COc1nc(C)cc(C(=O)CCN)n1. The highest BCUT2D eigenvalue weighted by atomic mass is 16.5. The summed E-state index contributed by atoms with van der Waals surface area (Å²) < 4.78 is 4.86. The van der Waals surface area contributed by atoms with E-state index in [1.165, 1.54) is 7.11 Å². The van der Waals surface area contributed by atoms with Crippen LogP contribution in [-0.4, -0.2) is 29.4 Å². The van der Waals surface area contributed by atoms with E-state index in [1.807, 2.05) is 0 Å². The van der Waals surface area contributed by atoms with Crippen LogP contribution in [0.25, 0.3) is 0 Å². The Morgan fingerprint density at radius 3 is 2.86 bits per heavy atom. The van der Waals surface area contributed by atoms with Gasteiger partial charge in [0.05, 0.1) is 7.11 Å². The van der Waals surface area contributed by atoms with Crippen LogP contribution >= 0.6 is 0 Å². The molecule has 0 aromatic carbocycles. The Labute approximate surface area is 82.3 Å². The minimum absolute atomic E-state index is 0.0868. The third-order valence-corrected chi connectivity index (χ3v) is 1.67. The summed E-state index contributed by atoms with van der Waals surface area (Å²) in [4.78, 5) is 19.3. The van der Waals surface area contributed by atoms with Gasteiger partial charge in [-0.15, -0.1) is 0 Å². The molecule has 0 saturated heterocycles. The molecular formula is C9H13N3O2. The van der Waals surface area contributed by atoms with Crippen molar-refractivity contribution in [2.75, 3.05) is 13.7 Å². The summed E-state index contributed by atoms with van der Waals surface area (Å²) in [5.74, 6) is -0.0868. The number of ether oxygens (including phenoxy) is 1.